The third-order valence-corrected chi connectivity index (χ3v) is 1.22. The highest BCUT2D eigenvalue weighted by atomic mass is 16.5. The fourth-order valence-electron chi connectivity index (χ4n) is 0.781. The zero-order valence-corrected chi connectivity index (χ0v) is 6.95. The molecule has 0 amide bonds. The monoisotopic (exact) mass is 165 g/mol. The second-order valence-electron chi connectivity index (χ2n) is 2.43. The molecule has 0 aliphatic rings. The first-order valence-electron chi connectivity index (χ1n) is 3.62. The molecule has 0 saturated heterocycles. The number of hydrogen-bond acceptors (Lipinski definition) is 3. The molecule has 12 heavy (non-hydrogen) atoms. The third kappa shape index (κ3) is 2.36. The van der Waals surface area contributed by atoms with Gasteiger partial charge < -0.3 is 9.84 Å². The van der Waals surface area contributed by atoms with E-state index in [0.717, 1.165) is 0 Å². The summed E-state index contributed by atoms with van der Waals surface area (Å²) in [7, 11) is 0. The van der Waals surface area contributed by atoms with Crippen molar-refractivity contribution in [2.75, 3.05) is 0 Å². The van der Waals surface area contributed by atoms with Crippen LogP contribution in [-0.2, 0) is 6.61 Å². The van der Waals surface area contributed by atoms with Crippen LogP contribution < -0.4 is 4.74 Å². The van der Waals surface area contributed by atoms with Crippen molar-refractivity contribution in [2.24, 2.45) is 0 Å². The van der Waals surface area contributed by atoms with E-state index in [1.165, 1.54) is 0 Å². The Bertz CT molecular complexity index is 284. The number of allylic oxidation sites excluding steroid dienone is 1. The molecule has 0 spiro atoms. The lowest BCUT2D eigenvalue weighted by molar-refractivity contribution is 0.274. The van der Waals surface area contributed by atoms with E-state index < -0.39 is 0 Å². The molecule has 0 aromatic carbocycles. The van der Waals surface area contributed by atoms with Crippen LogP contribution in [-0.4, -0.2) is 10.1 Å². The topological polar surface area (TPSA) is 42.4 Å². The molecule has 0 fully saturated rings. The van der Waals surface area contributed by atoms with E-state index in [2.05, 4.69) is 11.6 Å². The minimum atomic E-state index is -0.0760. The van der Waals surface area contributed by atoms with Gasteiger partial charge in [-0.15, -0.1) is 0 Å². The lowest BCUT2D eigenvalue weighted by atomic mass is 10.4. The van der Waals surface area contributed by atoms with Crippen LogP contribution in [0.1, 0.15) is 12.6 Å². The van der Waals surface area contributed by atoms with Gasteiger partial charge in [0.2, 0.25) is 5.88 Å². The van der Waals surface area contributed by atoms with E-state index in [0.29, 0.717) is 17.3 Å². The Morgan fingerprint density at radius 1 is 1.67 bits per heavy atom. The van der Waals surface area contributed by atoms with Gasteiger partial charge in [0.05, 0.1) is 18.1 Å². The van der Waals surface area contributed by atoms with Gasteiger partial charge in [-0.3, -0.25) is 0 Å². The first-order valence-corrected chi connectivity index (χ1v) is 3.62. The van der Waals surface area contributed by atoms with Gasteiger partial charge >= 0.3 is 0 Å². The van der Waals surface area contributed by atoms with Crippen LogP contribution >= 0.6 is 0 Å². The van der Waals surface area contributed by atoms with Crippen molar-refractivity contribution < 1.29 is 9.84 Å². The van der Waals surface area contributed by atoms with Crippen molar-refractivity contribution >= 4 is 0 Å². The summed E-state index contributed by atoms with van der Waals surface area (Å²) in [5.74, 6) is 1.05. The molecule has 0 unspecified atom stereocenters. The van der Waals surface area contributed by atoms with Crippen molar-refractivity contribution in [1.82, 2.24) is 4.98 Å². The van der Waals surface area contributed by atoms with Gasteiger partial charge in [-0.05, 0) is 13.0 Å². The summed E-state index contributed by atoms with van der Waals surface area (Å²) >= 11 is 0. The van der Waals surface area contributed by atoms with Crippen LogP contribution in [0.4, 0.5) is 0 Å². The Hall–Kier alpha value is -1.35. The van der Waals surface area contributed by atoms with E-state index in [9.17, 15) is 0 Å². The zero-order valence-electron chi connectivity index (χ0n) is 6.95. The SMILES string of the molecule is C=C(C)Oc1cccc(CO)n1. The first kappa shape index (κ1) is 8.74. The molecular formula is C9H11NO2. The van der Waals surface area contributed by atoms with Gasteiger partial charge in [0, 0.05) is 6.07 Å². The summed E-state index contributed by atoms with van der Waals surface area (Å²) in [5, 5.41) is 8.76. The maximum atomic E-state index is 8.76. The molecule has 0 aliphatic carbocycles. The van der Waals surface area contributed by atoms with E-state index in [-0.39, 0.29) is 6.61 Å². The first-order chi connectivity index (χ1) is 5.72. The van der Waals surface area contributed by atoms with Crippen LogP contribution in [0.5, 0.6) is 5.88 Å². The highest BCUT2D eigenvalue weighted by Crippen LogP contribution is 2.09. The maximum absolute atomic E-state index is 8.76. The van der Waals surface area contributed by atoms with E-state index >= 15 is 0 Å². The van der Waals surface area contributed by atoms with Crippen LogP contribution in [0.3, 0.4) is 0 Å². The molecule has 0 bridgehead atoms. The van der Waals surface area contributed by atoms with Crippen LogP contribution in [0.25, 0.3) is 0 Å². The average molecular weight is 165 g/mol. The largest absolute Gasteiger partial charge is 0.444 e. The summed E-state index contributed by atoms with van der Waals surface area (Å²) in [4.78, 5) is 4.00. The predicted octanol–water partition coefficient (Wildman–Crippen LogP) is 1.49. The summed E-state index contributed by atoms with van der Waals surface area (Å²) in [6.07, 6.45) is 0. The van der Waals surface area contributed by atoms with Gasteiger partial charge in [0.1, 0.15) is 0 Å². The quantitative estimate of drug-likeness (QED) is 0.690. The smallest absolute Gasteiger partial charge is 0.218 e. The van der Waals surface area contributed by atoms with Crippen molar-refractivity contribution in [2.45, 2.75) is 13.5 Å². The van der Waals surface area contributed by atoms with Crippen molar-refractivity contribution in [3.8, 4) is 5.88 Å². The second-order valence-corrected chi connectivity index (χ2v) is 2.43. The number of nitrogens with zero attached hydrogens (tertiary/aromatic N) is 1. The summed E-state index contributed by atoms with van der Waals surface area (Å²) in [6, 6.07) is 5.22. The lowest BCUT2D eigenvalue weighted by Crippen LogP contribution is -1.94. The fourth-order valence-corrected chi connectivity index (χ4v) is 0.781. The number of aliphatic hydroxyl groups excluding tert-OH is 1. The Balaban J connectivity index is 2.79. The Kier molecular flexibility index (Phi) is 2.82. The molecule has 3 nitrogen and oxygen atoms in total. The van der Waals surface area contributed by atoms with Crippen molar-refractivity contribution in [3.05, 3.63) is 36.2 Å². The van der Waals surface area contributed by atoms with E-state index in [1.807, 2.05) is 0 Å². The molecule has 1 aromatic heterocycles. The molecule has 1 N–H and O–H groups in total. The Labute approximate surface area is 71.3 Å². The molecule has 0 atom stereocenters. The number of pyridine rings is 1. The fraction of sp³-hybridized carbons (Fsp3) is 0.222. The number of aliphatic hydroxyl groups is 1. The minimum Gasteiger partial charge on any atom is -0.444 e. The predicted molar refractivity (Wildman–Crippen MR) is 45.6 cm³/mol. The molecule has 64 valence electrons. The number of rotatable bonds is 3. The molecule has 1 aromatic rings. The average Bonchev–Trinajstić information content (AvgIpc) is 2.03. The molecule has 1 heterocycles. The van der Waals surface area contributed by atoms with Crippen molar-refractivity contribution in [1.29, 1.82) is 0 Å². The number of hydrogen-bond donors (Lipinski definition) is 1. The van der Waals surface area contributed by atoms with Gasteiger partial charge in [-0.25, -0.2) is 4.98 Å². The summed E-state index contributed by atoms with van der Waals surface area (Å²) in [6.45, 7) is 5.25. The summed E-state index contributed by atoms with van der Waals surface area (Å²) < 4.78 is 5.14. The molecule has 3 heteroatoms. The van der Waals surface area contributed by atoms with E-state index in [4.69, 9.17) is 9.84 Å². The lowest BCUT2D eigenvalue weighted by Gasteiger charge is -2.03. The normalized spacial score (nSPS) is 9.50. The number of ether oxygens (including phenoxy) is 1. The van der Waals surface area contributed by atoms with E-state index in [1.54, 1.807) is 25.1 Å². The van der Waals surface area contributed by atoms with Gasteiger partial charge in [0.15, 0.2) is 0 Å². The molecule has 1 rings (SSSR count). The maximum Gasteiger partial charge on any atom is 0.218 e. The standard InChI is InChI=1S/C9H11NO2/c1-7(2)12-9-5-3-4-8(6-11)10-9/h3-5,11H,1,6H2,2H3. The van der Waals surface area contributed by atoms with Crippen LogP contribution in [0, 0.1) is 0 Å². The molecular weight excluding hydrogens is 154 g/mol. The highest BCUT2D eigenvalue weighted by molar-refractivity contribution is 5.16. The molecule has 0 radical (unpaired) electrons. The summed E-state index contributed by atoms with van der Waals surface area (Å²) in [5.41, 5.74) is 0.591. The van der Waals surface area contributed by atoms with Gasteiger partial charge in [-0.2, -0.15) is 0 Å². The zero-order chi connectivity index (χ0) is 8.97. The van der Waals surface area contributed by atoms with Gasteiger partial charge in [-0.1, -0.05) is 12.6 Å². The Morgan fingerprint density at radius 3 is 3.00 bits per heavy atom. The van der Waals surface area contributed by atoms with Crippen LogP contribution in [0.15, 0.2) is 30.5 Å². The minimum absolute atomic E-state index is 0.0760. The Morgan fingerprint density at radius 2 is 2.42 bits per heavy atom. The second kappa shape index (κ2) is 3.88. The third-order valence-electron chi connectivity index (χ3n) is 1.22. The highest BCUT2D eigenvalue weighted by Gasteiger charge is 1.96. The number of aromatic nitrogens is 1. The van der Waals surface area contributed by atoms with Crippen molar-refractivity contribution in [3.63, 3.8) is 0 Å². The molecule has 0 saturated carbocycles. The molecule has 0 aliphatic heterocycles. The van der Waals surface area contributed by atoms with Gasteiger partial charge in [0.25, 0.3) is 0 Å². The van der Waals surface area contributed by atoms with Crippen LogP contribution in [0.2, 0.25) is 0 Å².